The van der Waals surface area contributed by atoms with E-state index in [1.807, 2.05) is 74.8 Å². The summed E-state index contributed by atoms with van der Waals surface area (Å²) in [6.07, 6.45) is 0.598. The highest BCUT2D eigenvalue weighted by molar-refractivity contribution is 5.89. The van der Waals surface area contributed by atoms with Gasteiger partial charge in [0.2, 0.25) is 0 Å². The number of likely N-dealkylation sites (N-methyl/N-ethyl adjacent to an activating group) is 1. The first-order chi connectivity index (χ1) is 10.6. The van der Waals surface area contributed by atoms with Crippen molar-refractivity contribution in [1.82, 2.24) is 4.90 Å². The Hall–Kier alpha value is -2.13. The van der Waals surface area contributed by atoms with E-state index in [9.17, 15) is 4.79 Å². The maximum Gasteiger partial charge on any atom is 0.321 e. The van der Waals surface area contributed by atoms with Crippen LogP contribution < -0.4 is 0 Å². The van der Waals surface area contributed by atoms with Gasteiger partial charge in [-0.15, -0.1) is 0 Å². The molecule has 2 aromatic rings. The second-order valence-corrected chi connectivity index (χ2v) is 6.13. The Labute approximate surface area is 131 Å². The summed E-state index contributed by atoms with van der Waals surface area (Å²) < 4.78 is 5.72. The Kier molecular flexibility index (Phi) is 3.99. The van der Waals surface area contributed by atoms with Crippen LogP contribution in [0, 0.1) is 0 Å². The maximum atomic E-state index is 12.8. The molecule has 0 N–H and O–H groups in total. The van der Waals surface area contributed by atoms with Gasteiger partial charge in [-0.25, -0.2) is 0 Å². The van der Waals surface area contributed by atoms with Crippen LogP contribution in [0.25, 0.3) is 0 Å². The summed E-state index contributed by atoms with van der Waals surface area (Å²) in [6.45, 7) is 0.743. The van der Waals surface area contributed by atoms with Crippen LogP contribution in [-0.4, -0.2) is 37.6 Å². The zero-order chi connectivity index (χ0) is 15.6. The van der Waals surface area contributed by atoms with E-state index >= 15 is 0 Å². The molecule has 0 amide bonds. The average molecular weight is 295 g/mol. The van der Waals surface area contributed by atoms with Crippen molar-refractivity contribution in [2.24, 2.45) is 0 Å². The summed E-state index contributed by atoms with van der Waals surface area (Å²) in [5.41, 5.74) is 1.32. The first-order valence-electron chi connectivity index (χ1n) is 7.60. The lowest BCUT2D eigenvalue weighted by atomic mass is 9.72. The number of benzene rings is 2. The van der Waals surface area contributed by atoms with E-state index in [1.54, 1.807) is 0 Å². The van der Waals surface area contributed by atoms with E-state index < -0.39 is 5.41 Å². The Morgan fingerprint density at radius 3 is 1.95 bits per heavy atom. The second kappa shape index (κ2) is 5.93. The summed E-state index contributed by atoms with van der Waals surface area (Å²) in [7, 11) is 4.00. The fourth-order valence-corrected chi connectivity index (χ4v) is 3.31. The molecule has 3 nitrogen and oxygen atoms in total. The van der Waals surface area contributed by atoms with Crippen LogP contribution in [0.1, 0.15) is 17.5 Å². The molecular formula is C19H21NO2. The standard InChI is InChI=1S/C19H21NO2/c1-20(2)14-17-13-19(18(21)22-17,15-9-5-3-6-10-15)16-11-7-4-8-12-16/h3-12,17H,13-14H2,1-2H3/t17-/m0/s1. The number of rotatable bonds is 4. The molecule has 0 spiro atoms. The van der Waals surface area contributed by atoms with Crippen LogP contribution >= 0.6 is 0 Å². The Morgan fingerprint density at radius 2 is 1.50 bits per heavy atom. The van der Waals surface area contributed by atoms with Gasteiger partial charge in [0, 0.05) is 13.0 Å². The highest BCUT2D eigenvalue weighted by Crippen LogP contribution is 2.43. The normalized spacial score (nSPS) is 20.1. The number of carbonyl (C=O) groups is 1. The van der Waals surface area contributed by atoms with E-state index in [4.69, 9.17) is 4.74 Å². The van der Waals surface area contributed by atoms with Gasteiger partial charge < -0.3 is 9.64 Å². The van der Waals surface area contributed by atoms with Crippen LogP contribution in [0.5, 0.6) is 0 Å². The Bertz CT molecular complexity index is 597. The van der Waals surface area contributed by atoms with Gasteiger partial charge in [0.15, 0.2) is 0 Å². The van der Waals surface area contributed by atoms with E-state index in [0.29, 0.717) is 6.42 Å². The Morgan fingerprint density at radius 1 is 1.00 bits per heavy atom. The van der Waals surface area contributed by atoms with E-state index in [2.05, 4.69) is 4.90 Å². The smallest absolute Gasteiger partial charge is 0.321 e. The number of hydrogen-bond donors (Lipinski definition) is 0. The third kappa shape index (κ3) is 2.53. The minimum Gasteiger partial charge on any atom is -0.460 e. The lowest BCUT2D eigenvalue weighted by Crippen LogP contribution is -2.33. The van der Waals surface area contributed by atoms with Crippen molar-refractivity contribution in [2.75, 3.05) is 20.6 Å². The molecule has 1 atom stereocenters. The van der Waals surface area contributed by atoms with Gasteiger partial charge in [-0.05, 0) is 25.2 Å². The fourth-order valence-electron chi connectivity index (χ4n) is 3.31. The zero-order valence-electron chi connectivity index (χ0n) is 13.0. The molecule has 22 heavy (non-hydrogen) atoms. The van der Waals surface area contributed by atoms with Crippen LogP contribution in [-0.2, 0) is 14.9 Å². The number of hydrogen-bond acceptors (Lipinski definition) is 3. The average Bonchev–Trinajstić information content (AvgIpc) is 2.85. The van der Waals surface area contributed by atoms with Gasteiger partial charge in [-0.2, -0.15) is 0 Å². The SMILES string of the molecule is CN(C)C[C@@H]1CC(c2ccccc2)(c2ccccc2)C(=O)O1. The monoisotopic (exact) mass is 295 g/mol. The minimum absolute atomic E-state index is 0.0806. The topological polar surface area (TPSA) is 29.5 Å². The summed E-state index contributed by atoms with van der Waals surface area (Å²) >= 11 is 0. The van der Waals surface area contributed by atoms with Crippen LogP contribution in [0.3, 0.4) is 0 Å². The number of esters is 1. The maximum absolute atomic E-state index is 12.8. The van der Waals surface area contributed by atoms with Gasteiger partial charge in [0.05, 0.1) is 0 Å². The van der Waals surface area contributed by atoms with Gasteiger partial charge in [-0.1, -0.05) is 60.7 Å². The molecule has 0 bridgehead atoms. The third-order valence-electron chi connectivity index (χ3n) is 4.26. The third-order valence-corrected chi connectivity index (χ3v) is 4.26. The van der Waals surface area contributed by atoms with Gasteiger partial charge in [0.25, 0.3) is 0 Å². The molecule has 0 unspecified atom stereocenters. The molecule has 2 aromatic carbocycles. The summed E-state index contributed by atoms with van der Waals surface area (Å²) in [6, 6.07) is 19.9. The number of ether oxygens (including phenoxy) is 1. The number of carbonyl (C=O) groups excluding carboxylic acids is 1. The molecule has 0 aromatic heterocycles. The van der Waals surface area contributed by atoms with E-state index in [-0.39, 0.29) is 12.1 Å². The largest absolute Gasteiger partial charge is 0.460 e. The van der Waals surface area contributed by atoms with Crippen molar-refractivity contribution < 1.29 is 9.53 Å². The molecule has 0 aliphatic carbocycles. The van der Waals surface area contributed by atoms with Crippen LogP contribution in [0.2, 0.25) is 0 Å². The van der Waals surface area contributed by atoms with E-state index in [0.717, 1.165) is 17.7 Å². The lowest BCUT2D eigenvalue weighted by Gasteiger charge is -2.26. The lowest BCUT2D eigenvalue weighted by molar-refractivity contribution is -0.144. The van der Waals surface area contributed by atoms with Gasteiger partial charge >= 0.3 is 5.97 Å². The minimum atomic E-state index is -0.691. The predicted molar refractivity (Wildman–Crippen MR) is 86.7 cm³/mol. The molecule has 3 heteroatoms. The molecule has 1 aliphatic rings. The van der Waals surface area contributed by atoms with Crippen molar-refractivity contribution in [2.45, 2.75) is 17.9 Å². The molecule has 1 fully saturated rings. The number of cyclic esters (lactones) is 1. The molecule has 0 radical (unpaired) electrons. The molecule has 114 valence electrons. The van der Waals surface area contributed by atoms with Gasteiger partial charge in [-0.3, -0.25) is 4.79 Å². The number of nitrogens with zero attached hydrogens (tertiary/aromatic N) is 1. The second-order valence-electron chi connectivity index (χ2n) is 6.13. The van der Waals surface area contributed by atoms with Crippen molar-refractivity contribution in [3.63, 3.8) is 0 Å². The fraction of sp³-hybridized carbons (Fsp3) is 0.316. The predicted octanol–water partition coefficient (Wildman–Crippen LogP) is 2.85. The summed E-state index contributed by atoms with van der Waals surface area (Å²) in [4.78, 5) is 14.9. The highest BCUT2D eigenvalue weighted by atomic mass is 16.6. The molecule has 0 saturated carbocycles. The van der Waals surface area contributed by atoms with Crippen molar-refractivity contribution >= 4 is 5.97 Å². The summed E-state index contributed by atoms with van der Waals surface area (Å²) in [5.74, 6) is -0.142. The first-order valence-corrected chi connectivity index (χ1v) is 7.60. The molecular weight excluding hydrogens is 274 g/mol. The highest BCUT2D eigenvalue weighted by Gasteiger charge is 2.51. The van der Waals surface area contributed by atoms with Crippen molar-refractivity contribution in [1.29, 1.82) is 0 Å². The first kappa shape index (κ1) is 14.8. The summed E-state index contributed by atoms with van der Waals surface area (Å²) in [5, 5.41) is 0. The Balaban J connectivity index is 2.07. The van der Waals surface area contributed by atoms with Crippen LogP contribution in [0.4, 0.5) is 0 Å². The van der Waals surface area contributed by atoms with Crippen LogP contribution in [0.15, 0.2) is 60.7 Å². The molecule has 3 rings (SSSR count). The van der Waals surface area contributed by atoms with E-state index in [1.165, 1.54) is 0 Å². The zero-order valence-corrected chi connectivity index (χ0v) is 13.0. The van der Waals surface area contributed by atoms with Gasteiger partial charge in [0.1, 0.15) is 11.5 Å². The molecule has 1 aliphatic heterocycles. The molecule has 1 saturated heterocycles. The quantitative estimate of drug-likeness (QED) is 0.812. The molecule has 1 heterocycles. The van der Waals surface area contributed by atoms with Crippen molar-refractivity contribution in [3.05, 3.63) is 71.8 Å². The van der Waals surface area contributed by atoms with Crippen molar-refractivity contribution in [3.8, 4) is 0 Å².